The highest BCUT2D eigenvalue weighted by atomic mass is 32.2. The minimum atomic E-state index is -0.889. The van der Waals surface area contributed by atoms with E-state index in [9.17, 15) is 14.4 Å². The van der Waals surface area contributed by atoms with Crippen molar-refractivity contribution in [1.29, 1.82) is 0 Å². The SMILES string of the molecule is COC(=O)c1ccc(COc2ccc(/C=C\C(=O)c3ccc(OC)c(CSCC(=O)O)c3)cc2)cc1. The summed E-state index contributed by atoms with van der Waals surface area (Å²) >= 11 is 1.24. The number of ether oxygens (including phenoxy) is 3. The van der Waals surface area contributed by atoms with Gasteiger partial charge in [0.25, 0.3) is 0 Å². The molecule has 0 aliphatic rings. The lowest BCUT2D eigenvalue weighted by Gasteiger charge is -2.09. The first-order valence-corrected chi connectivity index (χ1v) is 12.1. The van der Waals surface area contributed by atoms with Crippen LogP contribution in [0.5, 0.6) is 11.5 Å². The third kappa shape index (κ3) is 7.74. The van der Waals surface area contributed by atoms with Crippen LogP contribution in [0.2, 0.25) is 0 Å². The maximum absolute atomic E-state index is 12.7. The summed E-state index contributed by atoms with van der Waals surface area (Å²) in [6, 6.07) is 19.5. The van der Waals surface area contributed by atoms with E-state index in [0.717, 1.165) is 16.7 Å². The van der Waals surface area contributed by atoms with Gasteiger partial charge in [-0.2, -0.15) is 0 Å². The smallest absolute Gasteiger partial charge is 0.337 e. The van der Waals surface area contributed by atoms with Crippen molar-refractivity contribution in [2.75, 3.05) is 20.0 Å². The number of carboxylic acids is 1. The molecule has 0 spiro atoms. The van der Waals surface area contributed by atoms with Crippen LogP contribution in [0.3, 0.4) is 0 Å². The van der Waals surface area contributed by atoms with Crippen LogP contribution in [-0.2, 0) is 21.9 Å². The van der Waals surface area contributed by atoms with Gasteiger partial charge in [0.2, 0.25) is 0 Å². The Bertz CT molecular complexity index is 1230. The van der Waals surface area contributed by atoms with Gasteiger partial charge >= 0.3 is 11.9 Å². The highest BCUT2D eigenvalue weighted by Gasteiger charge is 2.10. The van der Waals surface area contributed by atoms with Crippen LogP contribution >= 0.6 is 11.8 Å². The molecule has 0 atom stereocenters. The lowest BCUT2D eigenvalue weighted by molar-refractivity contribution is -0.133. The fourth-order valence-electron chi connectivity index (χ4n) is 3.26. The van der Waals surface area contributed by atoms with Gasteiger partial charge in [0.05, 0.1) is 25.5 Å². The molecule has 3 aromatic rings. The molecule has 3 rings (SSSR count). The van der Waals surface area contributed by atoms with Gasteiger partial charge in [-0.25, -0.2) is 4.79 Å². The Hall–Kier alpha value is -4.04. The summed E-state index contributed by atoms with van der Waals surface area (Å²) in [6.45, 7) is 0.347. The van der Waals surface area contributed by atoms with E-state index in [4.69, 9.17) is 19.3 Å². The summed E-state index contributed by atoms with van der Waals surface area (Å²) in [7, 11) is 2.88. The van der Waals surface area contributed by atoms with Crippen molar-refractivity contribution in [3.63, 3.8) is 0 Å². The summed E-state index contributed by atoms with van der Waals surface area (Å²) in [5, 5.41) is 8.83. The van der Waals surface area contributed by atoms with Crippen molar-refractivity contribution < 1.29 is 33.7 Å². The number of thioether (sulfide) groups is 1. The quantitative estimate of drug-likeness (QED) is 0.201. The molecule has 0 heterocycles. The molecule has 7 nitrogen and oxygen atoms in total. The maximum atomic E-state index is 12.7. The molecule has 0 radical (unpaired) electrons. The van der Waals surface area contributed by atoms with Gasteiger partial charge in [0, 0.05) is 16.9 Å². The Morgan fingerprint density at radius 3 is 2.25 bits per heavy atom. The molecule has 1 N–H and O–H groups in total. The first kappa shape index (κ1) is 26.6. The second kappa shape index (κ2) is 13.2. The van der Waals surface area contributed by atoms with E-state index in [-0.39, 0.29) is 17.5 Å². The zero-order chi connectivity index (χ0) is 25.9. The zero-order valence-electron chi connectivity index (χ0n) is 19.9. The first-order chi connectivity index (χ1) is 17.4. The van der Waals surface area contributed by atoms with Gasteiger partial charge in [-0.15, -0.1) is 11.8 Å². The third-order valence-corrected chi connectivity index (χ3v) is 6.10. The molecule has 0 aliphatic carbocycles. The van der Waals surface area contributed by atoms with Crippen LogP contribution in [-0.4, -0.2) is 42.8 Å². The van der Waals surface area contributed by atoms with Crippen molar-refractivity contribution in [1.82, 2.24) is 0 Å². The largest absolute Gasteiger partial charge is 0.496 e. The summed E-state index contributed by atoms with van der Waals surface area (Å²) in [5.41, 5.74) is 3.50. The molecule has 0 aromatic heterocycles. The molecule has 0 amide bonds. The minimum Gasteiger partial charge on any atom is -0.496 e. The number of aliphatic carboxylic acids is 1. The van der Waals surface area contributed by atoms with Crippen LogP contribution in [0.15, 0.2) is 72.8 Å². The van der Waals surface area contributed by atoms with Crippen LogP contribution < -0.4 is 9.47 Å². The maximum Gasteiger partial charge on any atom is 0.337 e. The Kier molecular flexibility index (Phi) is 9.71. The molecule has 3 aromatic carbocycles. The van der Waals surface area contributed by atoms with Crippen molar-refractivity contribution >= 4 is 35.6 Å². The third-order valence-electron chi connectivity index (χ3n) is 5.14. The molecule has 0 bridgehead atoms. The van der Waals surface area contributed by atoms with Crippen LogP contribution in [0.1, 0.15) is 37.4 Å². The number of esters is 1. The van der Waals surface area contributed by atoms with Gasteiger partial charge in [0.1, 0.15) is 18.1 Å². The summed E-state index contributed by atoms with van der Waals surface area (Å²) < 4.78 is 15.8. The van der Waals surface area contributed by atoms with Crippen LogP contribution in [0.25, 0.3) is 6.08 Å². The standard InChI is InChI=1S/C28H26O7S/c1-33-26-14-10-22(15-23(26)17-36-18-27(30)31)25(29)13-7-19-5-11-24(12-6-19)35-16-20-3-8-21(9-4-20)28(32)34-2/h3-15H,16-18H2,1-2H3,(H,30,31)/b13-7-. The lowest BCUT2D eigenvalue weighted by atomic mass is 10.1. The highest BCUT2D eigenvalue weighted by Crippen LogP contribution is 2.25. The van der Waals surface area contributed by atoms with E-state index < -0.39 is 5.97 Å². The van der Waals surface area contributed by atoms with Gasteiger partial charge < -0.3 is 19.3 Å². The summed E-state index contributed by atoms with van der Waals surface area (Å²) in [5.74, 6) is 0.252. The van der Waals surface area contributed by atoms with Gasteiger partial charge in [-0.3, -0.25) is 9.59 Å². The molecule has 0 aliphatic heterocycles. The topological polar surface area (TPSA) is 99.1 Å². The number of carboxylic acid groups (broad SMARTS) is 1. The molecular formula is C28H26O7S. The molecule has 0 fully saturated rings. The number of benzene rings is 3. The molecule has 186 valence electrons. The number of carbonyl (C=O) groups is 3. The number of carbonyl (C=O) groups excluding carboxylic acids is 2. The van der Waals surface area contributed by atoms with Crippen molar-refractivity contribution in [3.8, 4) is 11.5 Å². The number of methoxy groups -OCH3 is 2. The minimum absolute atomic E-state index is 0.0252. The predicted octanol–water partition coefficient (Wildman–Crippen LogP) is 5.27. The summed E-state index contributed by atoms with van der Waals surface area (Å²) in [6.07, 6.45) is 3.22. The van der Waals surface area contributed by atoms with Crippen molar-refractivity contribution in [2.24, 2.45) is 0 Å². The molecular weight excluding hydrogens is 480 g/mol. The number of hydrogen-bond donors (Lipinski definition) is 1. The van der Waals surface area contributed by atoms with Gasteiger partial charge in [0.15, 0.2) is 5.78 Å². The molecule has 8 heteroatoms. The Morgan fingerprint density at radius 1 is 0.917 bits per heavy atom. The average Bonchev–Trinajstić information content (AvgIpc) is 2.90. The zero-order valence-corrected chi connectivity index (χ0v) is 20.7. The predicted molar refractivity (Wildman–Crippen MR) is 139 cm³/mol. The van der Waals surface area contributed by atoms with E-state index in [1.54, 1.807) is 36.4 Å². The van der Waals surface area contributed by atoms with E-state index >= 15 is 0 Å². The van der Waals surface area contributed by atoms with E-state index in [1.165, 1.54) is 32.1 Å². The summed E-state index contributed by atoms with van der Waals surface area (Å²) in [4.78, 5) is 35.0. The van der Waals surface area contributed by atoms with E-state index in [1.807, 2.05) is 36.4 Å². The molecule has 36 heavy (non-hydrogen) atoms. The van der Waals surface area contributed by atoms with Crippen molar-refractivity contribution in [2.45, 2.75) is 12.4 Å². The van der Waals surface area contributed by atoms with E-state index in [2.05, 4.69) is 0 Å². The lowest BCUT2D eigenvalue weighted by Crippen LogP contribution is -2.02. The fourth-order valence-corrected chi connectivity index (χ4v) is 3.98. The average molecular weight is 507 g/mol. The van der Waals surface area contributed by atoms with Crippen LogP contribution in [0.4, 0.5) is 0 Å². The number of ketones is 1. The number of hydrogen-bond acceptors (Lipinski definition) is 7. The van der Waals surface area contributed by atoms with E-state index in [0.29, 0.717) is 35.0 Å². The van der Waals surface area contributed by atoms with Crippen molar-refractivity contribution in [3.05, 3.63) is 101 Å². The Balaban J connectivity index is 1.57. The second-order valence-corrected chi connectivity index (χ2v) is 8.64. The fraction of sp³-hybridized carbons (Fsp3) is 0.179. The highest BCUT2D eigenvalue weighted by molar-refractivity contribution is 7.99. The molecule has 0 saturated heterocycles. The van der Waals surface area contributed by atoms with Crippen LogP contribution in [0, 0.1) is 0 Å². The molecule has 0 saturated carbocycles. The van der Waals surface area contributed by atoms with Gasteiger partial charge in [-0.05, 0) is 59.7 Å². The normalized spacial score (nSPS) is 10.7. The monoisotopic (exact) mass is 506 g/mol. The Labute approximate surface area is 213 Å². The number of rotatable bonds is 12. The Morgan fingerprint density at radius 2 is 1.61 bits per heavy atom. The first-order valence-electron chi connectivity index (χ1n) is 11.0. The van der Waals surface area contributed by atoms with Gasteiger partial charge in [-0.1, -0.05) is 30.3 Å². The second-order valence-electron chi connectivity index (χ2n) is 7.66. The molecule has 0 unspecified atom stereocenters. The number of allylic oxidation sites excluding steroid dienone is 1.